The number of nitrogens with one attached hydrogen (secondary N) is 2. The van der Waals surface area contributed by atoms with Crippen LogP contribution < -0.4 is 20.1 Å². The summed E-state index contributed by atoms with van der Waals surface area (Å²) in [7, 11) is 3.08. The maximum absolute atomic E-state index is 11.8. The van der Waals surface area contributed by atoms with Gasteiger partial charge >= 0.3 is 6.03 Å². The van der Waals surface area contributed by atoms with Gasteiger partial charge in [0.25, 0.3) is 0 Å². The van der Waals surface area contributed by atoms with Crippen LogP contribution in [0.4, 0.5) is 4.79 Å². The Morgan fingerprint density at radius 2 is 2.22 bits per heavy atom. The summed E-state index contributed by atoms with van der Waals surface area (Å²) in [6.45, 7) is 1.30. The highest BCUT2D eigenvalue weighted by atomic mass is 16.5. The van der Waals surface area contributed by atoms with Gasteiger partial charge in [0.2, 0.25) is 0 Å². The average molecular weight is 324 g/mol. The first-order chi connectivity index (χ1) is 11.1. The molecule has 1 saturated heterocycles. The minimum absolute atomic E-state index is 0.0703. The third kappa shape index (κ3) is 5.01. The minimum atomic E-state index is -0.895. The second kappa shape index (κ2) is 8.59. The lowest BCUT2D eigenvalue weighted by Gasteiger charge is -2.17. The van der Waals surface area contributed by atoms with Crippen LogP contribution >= 0.6 is 0 Å². The van der Waals surface area contributed by atoms with E-state index >= 15 is 0 Å². The van der Waals surface area contributed by atoms with E-state index in [4.69, 9.17) is 14.2 Å². The molecular formula is C16H24N2O5. The van der Waals surface area contributed by atoms with Gasteiger partial charge < -0.3 is 30.0 Å². The number of aliphatic hydroxyl groups excluding tert-OH is 1. The van der Waals surface area contributed by atoms with Crippen LogP contribution in [0, 0.1) is 0 Å². The van der Waals surface area contributed by atoms with Crippen LogP contribution in [0.1, 0.15) is 24.5 Å². The molecule has 23 heavy (non-hydrogen) atoms. The fourth-order valence-corrected chi connectivity index (χ4v) is 2.47. The van der Waals surface area contributed by atoms with Gasteiger partial charge in [-0.25, -0.2) is 4.79 Å². The van der Waals surface area contributed by atoms with Gasteiger partial charge in [0.05, 0.1) is 20.3 Å². The van der Waals surface area contributed by atoms with Crippen molar-refractivity contribution in [3.63, 3.8) is 0 Å². The predicted molar refractivity (Wildman–Crippen MR) is 84.9 cm³/mol. The zero-order valence-corrected chi connectivity index (χ0v) is 13.5. The molecule has 128 valence electrons. The number of hydrogen-bond acceptors (Lipinski definition) is 5. The molecule has 7 heteroatoms. The van der Waals surface area contributed by atoms with Crippen molar-refractivity contribution in [2.24, 2.45) is 0 Å². The topological polar surface area (TPSA) is 89.0 Å². The Morgan fingerprint density at radius 1 is 1.39 bits per heavy atom. The third-order valence-corrected chi connectivity index (χ3v) is 3.77. The molecule has 7 nitrogen and oxygen atoms in total. The van der Waals surface area contributed by atoms with Crippen molar-refractivity contribution in [2.45, 2.75) is 25.0 Å². The normalized spacial score (nSPS) is 18.3. The highest BCUT2D eigenvalue weighted by molar-refractivity contribution is 5.73. The summed E-state index contributed by atoms with van der Waals surface area (Å²) in [5.41, 5.74) is 0.561. The van der Waals surface area contributed by atoms with Gasteiger partial charge in [-0.3, -0.25) is 0 Å². The molecule has 2 atom stereocenters. The molecule has 0 spiro atoms. The van der Waals surface area contributed by atoms with E-state index in [1.165, 1.54) is 7.11 Å². The molecule has 0 saturated carbocycles. The number of aliphatic hydroxyl groups is 1. The van der Waals surface area contributed by atoms with Gasteiger partial charge in [0.1, 0.15) is 17.6 Å². The van der Waals surface area contributed by atoms with Gasteiger partial charge in [0, 0.05) is 25.3 Å². The second-order valence-corrected chi connectivity index (χ2v) is 5.35. The van der Waals surface area contributed by atoms with Crippen molar-refractivity contribution >= 4 is 6.03 Å². The third-order valence-electron chi connectivity index (χ3n) is 3.77. The van der Waals surface area contributed by atoms with Gasteiger partial charge in [-0.2, -0.15) is 0 Å². The van der Waals surface area contributed by atoms with Crippen molar-refractivity contribution in [3.8, 4) is 11.5 Å². The van der Waals surface area contributed by atoms with Crippen LogP contribution in [-0.4, -0.2) is 51.2 Å². The molecule has 3 N–H and O–H groups in total. The number of rotatable bonds is 7. The average Bonchev–Trinajstić information content (AvgIpc) is 3.10. The van der Waals surface area contributed by atoms with Crippen molar-refractivity contribution in [1.82, 2.24) is 10.6 Å². The quantitative estimate of drug-likeness (QED) is 0.702. The highest BCUT2D eigenvalue weighted by Crippen LogP contribution is 2.29. The number of amides is 2. The van der Waals surface area contributed by atoms with Crippen LogP contribution in [0.3, 0.4) is 0 Å². The molecule has 0 aromatic heterocycles. The molecule has 0 radical (unpaired) electrons. The maximum atomic E-state index is 11.8. The zero-order chi connectivity index (χ0) is 16.7. The Morgan fingerprint density at radius 3 is 2.87 bits per heavy atom. The molecular weight excluding hydrogens is 300 g/mol. The zero-order valence-electron chi connectivity index (χ0n) is 13.5. The van der Waals surface area contributed by atoms with Gasteiger partial charge in [0.15, 0.2) is 0 Å². The van der Waals surface area contributed by atoms with Crippen molar-refractivity contribution < 1.29 is 24.1 Å². The molecule has 2 rings (SSSR count). The monoisotopic (exact) mass is 324 g/mol. The van der Waals surface area contributed by atoms with Gasteiger partial charge in [-0.15, -0.1) is 0 Å². The summed E-state index contributed by atoms with van der Waals surface area (Å²) in [5.74, 6) is 1.16. The molecule has 1 fully saturated rings. The summed E-state index contributed by atoms with van der Waals surface area (Å²) < 4.78 is 15.8. The lowest BCUT2D eigenvalue weighted by Crippen LogP contribution is -2.41. The van der Waals surface area contributed by atoms with Gasteiger partial charge in [-0.05, 0) is 31.0 Å². The number of carbonyl (C=O) groups is 1. The van der Waals surface area contributed by atoms with Crippen LogP contribution in [0.2, 0.25) is 0 Å². The van der Waals surface area contributed by atoms with E-state index in [1.54, 1.807) is 25.3 Å². The van der Waals surface area contributed by atoms with E-state index in [0.29, 0.717) is 23.6 Å². The molecule has 1 aliphatic heterocycles. The fraction of sp³-hybridized carbons (Fsp3) is 0.562. The minimum Gasteiger partial charge on any atom is -0.497 e. The summed E-state index contributed by atoms with van der Waals surface area (Å²) in [6.07, 6.45) is 1.18. The van der Waals surface area contributed by atoms with E-state index in [1.807, 2.05) is 0 Å². The van der Waals surface area contributed by atoms with E-state index in [2.05, 4.69) is 10.6 Å². The largest absolute Gasteiger partial charge is 0.497 e. The van der Waals surface area contributed by atoms with Crippen molar-refractivity contribution in [2.75, 3.05) is 33.9 Å². The number of methoxy groups -OCH3 is 2. The molecule has 1 heterocycles. The van der Waals surface area contributed by atoms with Crippen LogP contribution in [0.15, 0.2) is 18.2 Å². The predicted octanol–water partition coefficient (Wildman–Crippen LogP) is 1.22. The Hall–Kier alpha value is -1.99. The Labute approximate surface area is 135 Å². The Kier molecular flexibility index (Phi) is 6.49. The first kappa shape index (κ1) is 17.4. The summed E-state index contributed by atoms with van der Waals surface area (Å²) in [5, 5.41) is 15.7. The number of urea groups is 1. The highest BCUT2D eigenvalue weighted by Gasteiger charge is 2.18. The first-order valence-corrected chi connectivity index (χ1v) is 7.67. The number of hydrogen-bond donors (Lipinski definition) is 3. The first-order valence-electron chi connectivity index (χ1n) is 7.67. The standard InChI is InChI=1S/C16H24N2O5/c1-21-11-5-6-15(22-2)13(8-11)14(19)10-18-16(20)17-9-12-4-3-7-23-12/h5-6,8,12,14,19H,3-4,7,9-10H2,1-2H3,(H2,17,18,20)/t12-,14+/m0/s1. The van der Waals surface area contributed by atoms with Crippen LogP contribution in [0.5, 0.6) is 11.5 Å². The number of benzene rings is 1. The lowest BCUT2D eigenvalue weighted by molar-refractivity contribution is 0.111. The molecule has 0 unspecified atom stereocenters. The maximum Gasteiger partial charge on any atom is 0.314 e. The summed E-state index contributed by atoms with van der Waals surface area (Å²) in [6, 6.07) is 4.82. The molecule has 0 aliphatic carbocycles. The second-order valence-electron chi connectivity index (χ2n) is 5.35. The molecule has 0 bridgehead atoms. The number of ether oxygens (including phenoxy) is 3. The van der Waals surface area contributed by atoms with E-state index < -0.39 is 6.10 Å². The van der Waals surface area contributed by atoms with Crippen LogP contribution in [0.25, 0.3) is 0 Å². The van der Waals surface area contributed by atoms with Crippen molar-refractivity contribution in [3.05, 3.63) is 23.8 Å². The fourth-order valence-electron chi connectivity index (χ4n) is 2.47. The molecule has 1 aromatic rings. The SMILES string of the molecule is COc1ccc(OC)c([C@H](O)CNC(=O)NC[C@@H]2CCCO2)c1. The van der Waals surface area contributed by atoms with Gasteiger partial charge in [-0.1, -0.05) is 0 Å². The molecule has 2 amide bonds. The van der Waals surface area contributed by atoms with E-state index in [-0.39, 0.29) is 18.7 Å². The summed E-state index contributed by atoms with van der Waals surface area (Å²) >= 11 is 0. The molecule has 1 aliphatic rings. The Balaban J connectivity index is 1.83. The molecule has 1 aromatic carbocycles. The van der Waals surface area contributed by atoms with Crippen LogP contribution in [-0.2, 0) is 4.74 Å². The van der Waals surface area contributed by atoms with E-state index in [9.17, 15) is 9.90 Å². The lowest BCUT2D eigenvalue weighted by atomic mass is 10.1. The smallest absolute Gasteiger partial charge is 0.314 e. The Bertz CT molecular complexity index is 517. The van der Waals surface area contributed by atoms with E-state index in [0.717, 1.165) is 19.4 Å². The summed E-state index contributed by atoms with van der Waals surface area (Å²) in [4.78, 5) is 11.8. The number of carbonyl (C=O) groups excluding carboxylic acids is 1. The van der Waals surface area contributed by atoms with Crippen molar-refractivity contribution in [1.29, 1.82) is 0 Å².